The molecular weight excluding hydrogens is 304 g/mol. The fraction of sp³-hybridized carbons (Fsp3) is 0.500. The van der Waals surface area contributed by atoms with Gasteiger partial charge in [0.15, 0.2) is 0 Å². The predicted octanol–water partition coefficient (Wildman–Crippen LogP) is 1.39. The van der Waals surface area contributed by atoms with E-state index in [2.05, 4.69) is 15.0 Å². The molecule has 7 nitrogen and oxygen atoms in total. The quantitative estimate of drug-likeness (QED) is 0.890. The number of carboxylic acids is 1. The Morgan fingerprint density at radius 3 is 2.86 bits per heavy atom. The van der Waals surface area contributed by atoms with E-state index in [4.69, 9.17) is 9.63 Å². The van der Waals surface area contributed by atoms with Crippen molar-refractivity contribution in [1.82, 2.24) is 19.9 Å². The lowest BCUT2D eigenvalue weighted by Gasteiger charge is -2.35. The molecule has 2 aromatic heterocycles. The number of hydrogen-bond donors (Lipinski definition) is 1. The molecule has 1 atom stereocenters. The van der Waals surface area contributed by atoms with Crippen LogP contribution >= 0.6 is 11.3 Å². The lowest BCUT2D eigenvalue weighted by Crippen LogP contribution is -2.51. The van der Waals surface area contributed by atoms with Gasteiger partial charge in [-0.1, -0.05) is 11.2 Å². The molecule has 1 N–H and O–H groups in total. The van der Waals surface area contributed by atoms with Crippen molar-refractivity contribution in [3.05, 3.63) is 23.4 Å². The van der Waals surface area contributed by atoms with Crippen LogP contribution < -0.4 is 0 Å². The van der Waals surface area contributed by atoms with Crippen LogP contribution in [0.2, 0.25) is 0 Å². The number of piperazine rings is 1. The standard InChI is InChI=1S/C14H18N4O3S/c1-10(14(19)20)18-6-4-17(5-7-18)9-12-15-13(16-21-12)11-3-2-8-22-11/h2-3,8,10H,4-7,9H2,1H3,(H,19,20). The molecule has 0 spiro atoms. The van der Waals surface area contributed by atoms with Gasteiger partial charge in [0.1, 0.15) is 6.04 Å². The van der Waals surface area contributed by atoms with Crippen LogP contribution in [-0.2, 0) is 11.3 Å². The van der Waals surface area contributed by atoms with Crippen molar-refractivity contribution >= 4 is 17.3 Å². The van der Waals surface area contributed by atoms with E-state index in [1.54, 1.807) is 18.3 Å². The molecule has 1 fully saturated rings. The predicted molar refractivity (Wildman–Crippen MR) is 81.6 cm³/mol. The first-order valence-electron chi connectivity index (χ1n) is 7.19. The Balaban J connectivity index is 1.54. The van der Waals surface area contributed by atoms with E-state index in [-0.39, 0.29) is 0 Å². The maximum Gasteiger partial charge on any atom is 0.320 e. The van der Waals surface area contributed by atoms with Crippen LogP contribution in [0.5, 0.6) is 0 Å². The minimum Gasteiger partial charge on any atom is -0.480 e. The normalized spacial score (nSPS) is 18.4. The van der Waals surface area contributed by atoms with Gasteiger partial charge in [-0.05, 0) is 18.4 Å². The van der Waals surface area contributed by atoms with E-state index in [0.717, 1.165) is 31.1 Å². The second kappa shape index (κ2) is 6.55. The van der Waals surface area contributed by atoms with Gasteiger partial charge < -0.3 is 9.63 Å². The molecule has 0 amide bonds. The fourth-order valence-corrected chi connectivity index (χ4v) is 3.13. The number of aromatic nitrogens is 2. The zero-order chi connectivity index (χ0) is 15.5. The molecular formula is C14H18N4O3S. The Bertz CT molecular complexity index is 620. The number of aliphatic carboxylic acids is 1. The maximum atomic E-state index is 11.0. The number of hydrogen-bond acceptors (Lipinski definition) is 7. The molecule has 118 valence electrons. The topological polar surface area (TPSA) is 82.7 Å². The van der Waals surface area contributed by atoms with Crippen molar-refractivity contribution < 1.29 is 14.4 Å². The van der Waals surface area contributed by atoms with Crippen LogP contribution in [0.4, 0.5) is 0 Å². The van der Waals surface area contributed by atoms with E-state index >= 15 is 0 Å². The van der Waals surface area contributed by atoms with Gasteiger partial charge in [0.25, 0.3) is 0 Å². The third-order valence-corrected chi connectivity index (χ3v) is 4.75. The summed E-state index contributed by atoms with van der Waals surface area (Å²) in [4.78, 5) is 20.6. The Labute approximate surface area is 132 Å². The molecule has 1 saturated heterocycles. The van der Waals surface area contributed by atoms with Crippen LogP contribution in [0.1, 0.15) is 12.8 Å². The summed E-state index contributed by atoms with van der Waals surface area (Å²) in [6.07, 6.45) is 0. The lowest BCUT2D eigenvalue weighted by atomic mass is 10.2. The summed E-state index contributed by atoms with van der Waals surface area (Å²) < 4.78 is 5.30. The van der Waals surface area contributed by atoms with Gasteiger partial charge in [0, 0.05) is 26.2 Å². The van der Waals surface area contributed by atoms with Gasteiger partial charge >= 0.3 is 5.97 Å². The first-order chi connectivity index (χ1) is 10.6. The van der Waals surface area contributed by atoms with Crippen molar-refractivity contribution in [3.63, 3.8) is 0 Å². The van der Waals surface area contributed by atoms with Crippen molar-refractivity contribution in [2.75, 3.05) is 26.2 Å². The monoisotopic (exact) mass is 322 g/mol. The first kappa shape index (κ1) is 15.1. The number of carbonyl (C=O) groups is 1. The molecule has 0 saturated carbocycles. The maximum absolute atomic E-state index is 11.0. The smallest absolute Gasteiger partial charge is 0.320 e. The molecule has 3 rings (SSSR count). The van der Waals surface area contributed by atoms with E-state index < -0.39 is 12.0 Å². The first-order valence-corrected chi connectivity index (χ1v) is 8.07. The van der Waals surface area contributed by atoms with Crippen LogP contribution in [0.25, 0.3) is 10.7 Å². The Kier molecular flexibility index (Phi) is 4.51. The van der Waals surface area contributed by atoms with Crippen molar-refractivity contribution in [2.45, 2.75) is 19.5 Å². The molecule has 8 heteroatoms. The summed E-state index contributed by atoms with van der Waals surface area (Å²) in [5.74, 6) is 0.456. The molecule has 3 heterocycles. The molecule has 22 heavy (non-hydrogen) atoms. The van der Waals surface area contributed by atoms with E-state index in [9.17, 15) is 4.79 Å². The highest BCUT2D eigenvalue weighted by Gasteiger charge is 2.25. The second-order valence-corrected chi connectivity index (χ2v) is 6.26. The lowest BCUT2D eigenvalue weighted by molar-refractivity contribution is -0.143. The van der Waals surface area contributed by atoms with Gasteiger partial charge in [-0.25, -0.2) is 0 Å². The average Bonchev–Trinajstić information content (AvgIpc) is 3.18. The van der Waals surface area contributed by atoms with E-state index in [1.165, 1.54) is 0 Å². The van der Waals surface area contributed by atoms with Crippen molar-refractivity contribution in [3.8, 4) is 10.7 Å². The number of carboxylic acid groups (broad SMARTS) is 1. The Morgan fingerprint density at radius 2 is 2.23 bits per heavy atom. The Hall–Kier alpha value is -1.77. The van der Waals surface area contributed by atoms with Crippen LogP contribution in [0.3, 0.4) is 0 Å². The SMILES string of the molecule is CC(C(=O)O)N1CCN(Cc2nc(-c3cccs3)no2)CC1. The summed E-state index contributed by atoms with van der Waals surface area (Å²) >= 11 is 1.58. The average molecular weight is 322 g/mol. The molecule has 0 aliphatic carbocycles. The van der Waals surface area contributed by atoms with Crippen molar-refractivity contribution in [1.29, 1.82) is 0 Å². The fourth-order valence-electron chi connectivity index (χ4n) is 2.48. The molecule has 0 aromatic carbocycles. The molecule has 1 unspecified atom stereocenters. The zero-order valence-electron chi connectivity index (χ0n) is 12.3. The number of rotatable bonds is 5. The molecule has 0 bridgehead atoms. The number of thiophene rings is 1. The molecule has 1 aliphatic rings. The summed E-state index contributed by atoms with van der Waals surface area (Å²) in [6, 6.07) is 3.49. The van der Waals surface area contributed by atoms with Crippen LogP contribution in [0.15, 0.2) is 22.0 Å². The summed E-state index contributed by atoms with van der Waals surface area (Å²) in [5.41, 5.74) is 0. The summed E-state index contributed by atoms with van der Waals surface area (Å²) in [5, 5.41) is 15.0. The van der Waals surface area contributed by atoms with Gasteiger partial charge in [-0.2, -0.15) is 4.98 Å². The van der Waals surface area contributed by atoms with Crippen molar-refractivity contribution in [2.24, 2.45) is 0 Å². The molecule has 0 radical (unpaired) electrons. The minimum absolute atomic E-state index is 0.434. The number of nitrogens with zero attached hydrogens (tertiary/aromatic N) is 4. The summed E-state index contributed by atoms with van der Waals surface area (Å²) in [7, 11) is 0. The molecule has 2 aromatic rings. The zero-order valence-corrected chi connectivity index (χ0v) is 13.1. The summed E-state index contributed by atoms with van der Waals surface area (Å²) in [6.45, 7) is 5.40. The molecule has 1 aliphatic heterocycles. The second-order valence-electron chi connectivity index (χ2n) is 5.32. The van der Waals surface area contributed by atoms with Gasteiger partial charge in [0.2, 0.25) is 11.7 Å². The van der Waals surface area contributed by atoms with Crippen LogP contribution in [0, 0.1) is 0 Å². The van der Waals surface area contributed by atoms with Gasteiger partial charge in [0.05, 0.1) is 11.4 Å². The third kappa shape index (κ3) is 3.34. The highest BCUT2D eigenvalue weighted by molar-refractivity contribution is 7.13. The van der Waals surface area contributed by atoms with Gasteiger partial charge in [-0.15, -0.1) is 11.3 Å². The van der Waals surface area contributed by atoms with E-state index in [0.29, 0.717) is 18.3 Å². The highest BCUT2D eigenvalue weighted by atomic mass is 32.1. The minimum atomic E-state index is -0.772. The Morgan fingerprint density at radius 1 is 1.45 bits per heavy atom. The third-order valence-electron chi connectivity index (χ3n) is 3.88. The van der Waals surface area contributed by atoms with E-state index in [1.807, 2.05) is 22.4 Å². The van der Waals surface area contributed by atoms with Gasteiger partial charge in [-0.3, -0.25) is 14.6 Å². The highest BCUT2D eigenvalue weighted by Crippen LogP contribution is 2.21. The largest absolute Gasteiger partial charge is 0.480 e. The van der Waals surface area contributed by atoms with Crippen LogP contribution in [-0.4, -0.2) is 63.2 Å².